The molecule has 0 fully saturated rings. The molecule has 4 heterocycles. The molecule has 8 aromatic rings. The topological polar surface area (TPSA) is 250 Å². The molecule has 0 atom stereocenters. The smallest absolute Gasteiger partial charge is 0.322 e. The Kier molecular flexibility index (Phi) is 14.0. The van der Waals surface area contributed by atoms with Crippen molar-refractivity contribution in [1.29, 1.82) is 0 Å². The van der Waals surface area contributed by atoms with Crippen molar-refractivity contribution in [3.8, 4) is 92.1 Å². The molecule has 0 aliphatic rings. The minimum Gasteiger partial charge on any atom is -0.496 e. The van der Waals surface area contributed by atoms with Crippen LogP contribution in [0, 0.1) is 30.9 Å². The number of carbonyl (C=O) groups excluding carboxylic acids is 2. The Morgan fingerprint density at radius 1 is 0.718 bits per heavy atom. The molecule has 0 unspecified atom stereocenters. The number of ether oxygens (including phenoxy) is 4. The van der Waals surface area contributed by atoms with E-state index < -0.39 is 29.3 Å². The lowest BCUT2D eigenvalue weighted by atomic mass is 9.98. The molecule has 18 nitrogen and oxygen atoms in total. The summed E-state index contributed by atoms with van der Waals surface area (Å²) in [4.78, 5) is 58.0. The minimum absolute atomic E-state index is 0.00182. The fraction of sp³-hybridized carbons (Fsp3) is 0.0800. The Balaban J connectivity index is 1.01. The van der Waals surface area contributed by atoms with Gasteiger partial charge in [0, 0.05) is 70.9 Å². The molecule has 71 heavy (non-hydrogen) atoms. The molecule has 0 spiro atoms. The van der Waals surface area contributed by atoms with E-state index in [1.54, 1.807) is 49.4 Å². The van der Waals surface area contributed by atoms with Gasteiger partial charge in [0.2, 0.25) is 5.95 Å². The molecule has 354 valence electrons. The zero-order chi connectivity index (χ0) is 50.2. The highest BCUT2D eigenvalue weighted by Crippen LogP contribution is 2.42. The van der Waals surface area contributed by atoms with Gasteiger partial charge < -0.3 is 41.0 Å². The highest BCUT2D eigenvalue weighted by atomic mass is 19.1. The van der Waals surface area contributed by atoms with Crippen LogP contribution in [0.4, 0.5) is 36.3 Å². The second kappa shape index (κ2) is 20.9. The van der Waals surface area contributed by atoms with Gasteiger partial charge in [-0.3, -0.25) is 9.59 Å². The van der Waals surface area contributed by atoms with Gasteiger partial charge in [-0.2, -0.15) is 4.98 Å². The Labute approximate surface area is 402 Å². The van der Waals surface area contributed by atoms with Gasteiger partial charge in [0.15, 0.2) is 29.0 Å². The third-order valence-electron chi connectivity index (χ3n) is 10.2. The summed E-state index contributed by atoms with van der Waals surface area (Å²) in [7, 11) is 1.39. The zero-order valence-corrected chi connectivity index (χ0v) is 37.4. The molecule has 0 saturated carbocycles. The Morgan fingerprint density at radius 2 is 1.37 bits per heavy atom. The van der Waals surface area contributed by atoms with Gasteiger partial charge in [0.1, 0.15) is 23.6 Å². The predicted molar refractivity (Wildman–Crippen MR) is 256 cm³/mol. The summed E-state index contributed by atoms with van der Waals surface area (Å²) in [5, 5.41) is 4.96. The molecule has 0 saturated heterocycles. The van der Waals surface area contributed by atoms with Crippen molar-refractivity contribution in [2.24, 2.45) is 0 Å². The number of carbonyl (C=O) groups is 2. The number of hydrogen-bond donors (Lipinski definition) is 4. The van der Waals surface area contributed by atoms with Gasteiger partial charge in [-0.05, 0) is 84.6 Å². The molecule has 0 bridgehead atoms. The van der Waals surface area contributed by atoms with E-state index in [4.69, 9.17) is 36.8 Å². The summed E-state index contributed by atoms with van der Waals surface area (Å²) in [5.41, 5.74) is 16.6. The number of aromatic nitrogens is 8. The molecule has 4 aromatic heterocycles. The number of aryl methyl sites for hydroxylation is 1. The van der Waals surface area contributed by atoms with E-state index >= 15 is 8.78 Å². The Bertz CT molecular complexity index is 3430. The number of benzene rings is 4. The minimum atomic E-state index is -1.17. The van der Waals surface area contributed by atoms with Gasteiger partial charge in [0.05, 0.1) is 36.4 Å². The number of terminal acetylenes is 1. The van der Waals surface area contributed by atoms with Crippen molar-refractivity contribution in [3.63, 3.8) is 0 Å². The first-order valence-corrected chi connectivity index (χ1v) is 21.0. The van der Waals surface area contributed by atoms with Crippen LogP contribution in [0.1, 0.15) is 11.4 Å². The molecule has 4 aromatic carbocycles. The number of nitrogens with two attached hydrogens (primary N) is 2. The van der Waals surface area contributed by atoms with Crippen molar-refractivity contribution < 1.29 is 41.7 Å². The number of rotatable bonds is 16. The highest BCUT2D eigenvalue weighted by molar-refractivity contribution is 6.04. The second-order valence-electron chi connectivity index (χ2n) is 15.0. The molecule has 8 rings (SSSR count). The quantitative estimate of drug-likeness (QED) is 0.0523. The predicted octanol–water partition coefficient (Wildman–Crippen LogP) is 8.47. The third-order valence-corrected chi connectivity index (χ3v) is 10.2. The summed E-state index contributed by atoms with van der Waals surface area (Å²) in [6, 6.07) is 20.7. The van der Waals surface area contributed by atoms with Crippen molar-refractivity contribution in [2.45, 2.75) is 13.3 Å². The van der Waals surface area contributed by atoms with Crippen LogP contribution in [0.5, 0.6) is 35.0 Å². The van der Waals surface area contributed by atoms with Gasteiger partial charge >= 0.3 is 12.0 Å². The average Bonchev–Trinajstić information content (AvgIpc) is 3.35. The second-order valence-corrected chi connectivity index (χ2v) is 15.0. The van der Waals surface area contributed by atoms with E-state index in [0.29, 0.717) is 44.9 Å². The molecule has 0 aliphatic carbocycles. The largest absolute Gasteiger partial charge is 0.496 e. The molecule has 21 heteroatoms. The van der Waals surface area contributed by atoms with E-state index in [1.165, 1.54) is 74.5 Å². The van der Waals surface area contributed by atoms with Crippen molar-refractivity contribution in [3.05, 3.63) is 145 Å². The van der Waals surface area contributed by atoms with Crippen LogP contribution >= 0.6 is 0 Å². The molecule has 2 amide bonds. The number of nitrogens with one attached hydrogen (secondary N) is 2. The highest BCUT2D eigenvalue weighted by Gasteiger charge is 2.22. The van der Waals surface area contributed by atoms with Crippen LogP contribution in [0.15, 0.2) is 122 Å². The lowest BCUT2D eigenvalue weighted by molar-refractivity contribution is -0.114. The maximum atomic E-state index is 15.9. The van der Waals surface area contributed by atoms with Crippen LogP contribution in [-0.4, -0.2) is 65.4 Å². The first-order chi connectivity index (χ1) is 34.3. The molecular formula is C50H37F3N12O6. The number of nitrogen functional groups attached to an aromatic ring is 2. The fourth-order valence-electron chi connectivity index (χ4n) is 6.94. The number of nitrogens with zero attached hydrogens (tertiary/aromatic N) is 8. The number of anilines is 4. The molecule has 0 aliphatic heterocycles. The first-order valence-electron chi connectivity index (χ1n) is 21.0. The maximum absolute atomic E-state index is 15.9. The summed E-state index contributed by atoms with van der Waals surface area (Å²) >= 11 is 0. The van der Waals surface area contributed by atoms with E-state index in [1.807, 2.05) is 5.92 Å². The van der Waals surface area contributed by atoms with Crippen molar-refractivity contribution >= 4 is 35.0 Å². The summed E-state index contributed by atoms with van der Waals surface area (Å²) in [5.74, 6) is -2.33. The van der Waals surface area contributed by atoms with Crippen LogP contribution < -0.4 is 41.0 Å². The van der Waals surface area contributed by atoms with Crippen LogP contribution in [0.2, 0.25) is 0 Å². The van der Waals surface area contributed by atoms with Gasteiger partial charge in [-0.1, -0.05) is 18.7 Å². The van der Waals surface area contributed by atoms with Crippen LogP contribution in [-0.2, 0) is 16.0 Å². The van der Waals surface area contributed by atoms with E-state index in [0.717, 1.165) is 0 Å². The summed E-state index contributed by atoms with van der Waals surface area (Å²) in [6.07, 6.45) is 11.1. The number of hydrogen-bond acceptors (Lipinski definition) is 16. The first kappa shape index (κ1) is 47.5. The fourth-order valence-corrected chi connectivity index (χ4v) is 6.94. The summed E-state index contributed by atoms with van der Waals surface area (Å²) in [6.45, 7) is 4.74. The van der Waals surface area contributed by atoms with E-state index in [9.17, 15) is 14.0 Å². The lowest BCUT2D eigenvalue weighted by Gasteiger charge is -2.17. The standard InChI is InChI=1S/C50H37F3N12O6/c1-5-42(66)62-31-8-11-34(45-43(46(54)60-25-59-45)29-7-13-39(37(53)21-29)70-49-56-17-14-26(2)61-49)41(23-31)69-19-16-30-15-18-57-50(64-30)71-38-12-6-28(20-36(38)52)35-24-58-48(55)65-44(35)33-10-9-32(22-40(33)68-4)63-47(67)27(3)51/h1,6-15,17-18,20-25H,3,16,19H2,2,4H3,(H,62,66)(H,63,67)(H2,54,59,60)(H2,55,58,65). The molecule has 0 radical (unpaired) electrons. The van der Waals surface area contributed by atoms with Crippen molar-refractivity contribution in [1.82, 2.24) is 39.9 Å². The summed E-state index contributed by atoms with van der Waals surface area (Å²) < 4.78 is 68.0. The van der Waals surface area contributed by atoms with Gasteiger partial charge in [-0.25, -0.2) is 48.1 Å². The van der Waals surface area contributed by atoms with Crippen molar-refractivity contribution in [2.75, 3.05) is 35.8 Å². The molecular weight excluding hydrogens is 922 g/mol. The normalized spacial score (nSPS) is 10.7. The monoisotopic (exact) mass is 958 g/mol. The molecule has 6 N–H and O–H groups in total. The number of methoxy groups -OCH3 is 1. The SMILES string of the molecule is C#CC(=O)Nc1ccc(-c2ncnc(N)c2-c2ccc(Oc3nccc(C)n3)c(F)c2)c(OCCc2ccnc(Oc3ccc(-c4cnc(N)nc4-c4ccc(NC(=O)C(=C)F)cc4OC)cc3F)n2)c1. The third kappa shape index (κ3) is 11.1. The number of amides is 2. The zero-order valence-electron chi connectivity index (χ0n) is 37.4. The van der Waals surface area contributed by atoms with E-state index in [-0.39, 0.29) is 82.5 Å². The Morgan fingerprint density at radius 3 is 2.04 bits per heavy atom. The lowest BCUT2D eigenvalue weighted by Crippen LogP contribution is -2.11. The van der Waals surface area contributed by atoms with E-state index in [2.05, 4.69) is 57.1 Å². The number of halogens is 3. The van der Waals surface area contributed by atoms with Gasteiger partial charge in [0.25, 0.3) is 11.8 Å². The average molecular weight is 959 g/mol. The maximum Gasteiger partial charge on any atom is 0.322 e. The van der Waals surface area contributed by atoms with Crippen LogP contribution in [0.25, 0.3) is 44.8 Å². The van der Waals surface area contributed by atoms with Gasteiger partial charge in [-0.15, -0.1) is 6.42 Å². The Hall–Kier alpha value is -9.97. The van der Waals surface area contributed by atoms with Crippen LogP contribution in [0.3, 0.4) is 0 Å².